The first-order valence-corrected chi connectivity index (χ1v) is 4.44. The molecule has 0 heterocycles. The fraction of sp³-hybridized carbons (Fsp3) is 1.00. The van der Waals surface area contributed by atoms with Crippen LogP contribution in [0.2, 0.25) is 6.82 Å². The molecule has 0 aromatic carbocycles. The van der Waals surface area contributed by atoms with Gasteiger partial charge < -0.3 is 0 Å². The molecule has 0 saturated carbocycles. The van der Waals surface area contributed by atoms with Gasteiger partial charge in [-0.05, 0) is 6.82 Å². The standard InChI is InChI=1S/C3H10BP/c1-4-5(2)3/h5H,1-3H3/q+1. The van der Waals surface area contributed by atoms with Gasteiger partial charge >= 0.3 is 7.00 Å². The van der Waals surface area contributed by atoms with Crippen molar-refractivity contribution in [1.82, 2.24) is 0 Å². The second kappa shape index (κ2) is 2.72. The summed E-state index contributed by atoms with van der Waals surface area (Å²) >= 11 is 0. The smallest absolute Gasteiger partial charge is 0.0554 e. The fourth-order valence-electron chi connectivity index (χ4n) is 0. The van der Waals surface area contributed by atoms with E-state index in [-0.39, 0.29) is 7.80 Å². The zero-order chi connectivity index (χ0) is 4.28. The van der Waals surface area contributed by atoms with Gasteiger partial charge in [-0.3, -0.25) is 0 Å². The van der Waals surface area contributed by atoms with E-state index in [1.54, 1.807) is 0 Å². The molecule has 0 atom stereocenters. The molecule has 0 amide bonds. The molecule has 0 N–H and O–H groups in total. The highest BCUT2D eigenvalue weighted by atomic mass is 31.1. The lowest BCUT2D eigenvalue weighted by atomic mass is 10.2. The molecule has 0 aliphatic carbocycles. The van der Waals surface area contributed by atoms with E-state index in [0.717, 1.165) is 0 Å². The summed E-state index contributed by atoms with van der Waals surface area (Å²) < 4.78 is 0. The minimum Gasteiger partial charge on any atom is -0.0554 e. The number of hydrogen-bond acceptors (Lipinski definition) is 0. The maximum atomic E-state index is 2.27. The van der Waals surface area contributed by atoms with Crippen LogP contribution in [0, 0.1) is 0 Å². The topological polar surface area (TPSA) is 0 Å². The summed E-state index contributed by atoms with van der Waals surface area (Å²) in [7, 11) is 0.00103. The third kappa shape index (κ3) is 4.49. The lowest BCUT2D eigenvalue weighted by molar-refractivity contribution is 2.24. The molecule has 0 aromatic rings. The largest absolute Gasteiger partial charge is 0.350 e. The average Bonchev–Trinajstić information content (AvgIpc) is 1.38. The Morgan fingerprint density at radius 2 is 1.60 bits per heavy atom. The Morgan fingerprint density at radius 3 is 1.60 bits per heavy atom. The molecule has 29 valence electrons. The van der Waals surface area contributed by atoms with E-state index in [2.05, 4.69) is 27.2 Å². The molecule has 0 aliphatic heterocycles. The summed E-state index contributed by atoms with van der Waals surface area (Å²) in [5.74, 6) is 0. The summed E-state index contributed by atoms with van der Waals surface area (Å²) in [5.41, 5.74) is 0. The molecule has 0 saturated heterocycles. The predicted molar refractivity (Wildman–Crippen MR) is 31.8 cm³/mol. The van der Waals surface area contributed by atoms with Gasteiger partial charge in [-0.25, -0.2) is 0 Å². The van der Waals surface area contributed by atoms with Crippen LogP contribution in [-0.2, 0) is 0 Å². The highest BCUT2D eigenvalue weighted by molar-refractivity contribution is 7.84. The highest BCUT2D eigenvalue weighted by Gasteiger charge is 1.93. The Morgan fingerprint density at radius 1 is 1.40 bits per heavy atom. The fourth-order valence-corrected chi connectivity index (χ4v) is 0. The normalized spacial score (nSPS) is 8.80. The van der Waals surface area contributed by atoms with Crippen molar-refractivity contribution >= 4 is 14.8 Å². The molecule has 0 spiro atoms. The van der Waals surface area contributed by atoms with E-state index in [4.69, 9.17) is 0 Å². The van der Waals surface area contributed by atoms with Crippen LogP contribution in [0.3, 0.4) is 0 Å². The van der Waals surface area contributed by atoms with Crippen LogP contribution >= 0.6 is 7.80 Å². The van der Waals surface area contributed by atoms with E-state index in [1.165, 1.54) is 0 Å². The van der Waals surface area contributed by atoms with Crippen LogP contribution in [0.15, 0.2) is 0 Å². The maximum Gasteiger partial charge on any atom is 0.350 e. The monoisotopic (exact) mass is 88.1 g/mol. The molecule has 0 bridgehead atoms. The van der Waals surface area contributed by atoms with Gasteiger partial charge in [0.05, 0.1) is 0 Å². The van der Waals surface area contributed by atoms with Crippen molar-refractivity contribution < 1.29 is 0 Å². The summed E-state index contributed by atoms with van der Waals surface area (Å²) in [4.78, 5) is 0. The third-order valence-corrected chi connectivity index (χ3v) is 1.73. The lowest BCUT2D eigenvalue weighted by Crippen LogP contribution is -1.71. The summed E-state index contributed by atoms with van der Waals surface area (Å²) in [5, 5.41) is 0. The molecule has 0 aliphatic rings. The molecule has 5 heavy (non-hydrogen) atoms. The van der Waals surface area contributed by atoms with Crippen LogP contribution in [0.1, 0.15) is 0 Å². The minimum atomic E-state index is 0.00103. The van der Waals surface area contributed by atoms with Crippen molar-refractivity contribution in [2.75, 3.05) is 13.3 Å². The molecule has 0 nitrogen and oxygen atoms in total. The molecule has 0 unspecified atom stereocenters. The Balaban J connectivity index is 2.54. The molecular weight excluding hydrogens is 77.8 g/mol. The highest BCUT2D eigenvalue weighted by Crippen LogP contribution is 2.19. The zero-order valence-electron chi connectivity index (χ0n) is 4.08. The zero-order valence-corrected chi connectivity index (χ0v) is 5.08. The molecule has 2 heteroatoms. The second-order valence-corrected chi connectivity index (χ2v) is 4.10. The number of rotatable bonds is 1. The van der Waals surface area contributed by atoms with Gasteiger partial charge in [0.2, 0.25) is 0 Å². The molecular formula is C3H10BP+. The van der Waals surface area contributed by atoms with Gasteiger partial charge in [0.15, 0.2) is 0 Å². The van der Waals surface area contributed by atoms with Crippen molar-refractivity contribution in [3.05, 3.63) is 0 Å². The van der Waals surface area contributed by atoms with Crippen LogP contribution in [0.5, 0.6) is 0 Å². The Kier molecular flexibility index (Phi) is 2.99. The minimum absolute atomic E-state index is 0.00103. The van der Waals surface area contributed by atoms with Crippen LogP contribution in [0.25, 0.3) is 0 Å². The molecule has 1 radical (unpaired) electrons. The Hall–Kier alpha value is 0.495. The Labute approximate surface area is 35.9 Å². The molecule has 0 fully saturated rings. The number of hydrogen-bond donors (Lipinski definition) is 0. The van der Waals surface area contributed by atoms with E-state index in [9.17, 15) is 0 Å². The van der Waals surface area contributed by atoms with Crippen LogP contribution in [-0.4, -0.2) is 20.3 Å². The van der Waals surface area contributed by atoms with Gasteiger partial charge in [0.1, 0.15) is 0 Å². The molecule has 0 rings (SSSR count). The average molecular weight is 87.9 g/mol. The van der Waals surface area contributed by atoms with Crippen LogP contribution in [0.4, 0.5) is 0 Å². The second-order valence-electron chi connectivity index (χ2n) is 1.37. The van der Waals surface area contributed by atoms with Crippen LogP contribution < -0.4 is 0 Å². The summed E-state index contributed by atoms with van der Waals surface area (Å²) in [6, 6.07) is 0. The molecule has 0 aromatic heterocycles. The lowest BCUT2D eigenvalue weighted by Gasteiger charge is -1.79. The van der Waals surface area contributed by atoms with Gasteiger partial charge in [-0.15, -0.1) is 0 Å². The van der Waals surface area contributed by atoms with Crippen molar-refractivity contribution in [1.29, 1.82) is 0 Å². The predicted octanol–water partition coefficient (Wildman–Crippen LogP) is 1.13. The van der Waals surface area contributed by atoms with E-state index < -0.39 is 0 Å². The first kappa shape index (κ1) is 5.49. The van der Waals surface area contributed by atoms with Crippen molar-refractivity contribution in [3.63, 3.8) is 0 Å². The van der Waals surface area contributed by atoms with Crippen molar-refractivity contribution in [2.24, 2.45) is 0 Å². The first-order valence-electron chi connectivity index (χ1n) is 1.87. The van der Waals surface area contributed by atoms with Gasteiger partial charge in [-0.2, -0.15) is 0 Å². The first-order chi connectivity index (χ1) is 2.27. The van der Waals surface area contributed by atoms with Gasteiger partial charge in [0, 0.05) is 13.3 Å². The quantitative estimate of drug-likeness (QED) is 0.333. The van der Waals surface area contributed by atoms with E-state index >= 15 is 0 Å². The third-order valence-electron chi connectivity index (χ3n) is 0.577. The summed E-state index contributed by atoms with van der Waals surface area (Å²) in [6.07, 6.45) is 0. The van der Waals surface area contributed by atoms with E-state index in [1.807, 2.05) is 0 Å². The Bertz CT molecular complexity index is 20.9. The van der Waals surface area contributed by atoms with Crippen molar-refractivity contribution in [3.8, 4) is 0 Å². The van der Waals surface area contributed by atoms with Gasteiger partial charge in [-0.1, -0.05) is 7.80 Å². The van der Waals surface area contributed by atoms with Crippen molar-refractivity contribution in [2.45, 2.75) is 6.82 Å². The van der Waals surface area contributed by atoms with Gasteiger partial charge in [0.25, 0.3) is 0 Å². The van der Waals surface area contributed by atoms with E-state index in [0.29, 0.717) is 0 Å². The summed E-state index contributed by atoms with van der Waals surface area (Å²) in [6.45, 7) is 8.92. The maximum absolute atomic E-state index is 2.27. The SMILES string of the molecule is C[B][PH+](C)C.